The molecule has 0 radical (unpaired) electrons. The zero-order valence-electron chi connectivity index (χ0n) is 12.8. The van der Waals surface area contributed by atoms with Crippen LogP contribution in [0.25, 0.3) is 0 Å². The number of carbonyl (C=O) groups is 2. The molecule has 0 spiro atoms. The van der Waals surface area contributed by atoms with E-state index in [0.29, 0.717) is 0 Å². The summed E-state index contributed by atoms with van der Waals surface area (Å²) in [5.74, 6) is -0.560. The molecule has 23 heavy (non-hydrogen) atoms. The molecule has 1 amide bonds. The summed E-state index contributed by atoms with van der Waals surface area (Å²) in [5.41, 5.74) is 1.97. The predicted molar refractivity (Wildman–Crippen MR) is 86.6 cm³/mol. The molecule has 0 aliphatic heterocycles. The van der Waals surface area contributed by atoms with Gasteiger partial charge in [-0.3, -0.25) is 9.59 Å². The van der Waals surface area contributed by atoms with E-state index < -0.39 is 0 Å². The molecule has 1 aliphatic rings. The monoisotopic (exact) mass is 309 g/mol. The summed E-state index contributed by atoms with van der Waals surface area (Å²) < 4.78 is 5.05. The maximum atomic E-state index is 12.2. The van der Waals surface area contributed by atoms with Gasteiger partial charge in [0.2, 0.25) is 0 Å². The largest absolute Gasteiger partial charge is 0.455 e. The number of ether oxygens (including phenoxy) is 1. The lowest BCUT2D eigenvalue weighted by molar-refractivity contribution is -0.149. The van der Waals surface area contributed by atoms with Crippen molar-refractivity contribution in [1.29, 1.82) is 0 Å². The van der Waals surface area contributed by atoms with Gasteiger partial charge < -0.3 is 10.1 Å². The van der Waals surface area contributed by atoms with E-state index in [1.165, 1.54) is 0 Å². The molecule has 0 aromatic heterocycles. The van der Waals surface area contributed by atoms with Crippen molar-refractivity contribution < 1.29 is 14.3 Å². The molecular formula is C19H19NO3. The van der Waals surface area contributed by atoms with Gasteiger partial charge in [0.05, 0.1) is 12.0 Å². The second kappa shape index (κ2) is 7.09. The minimum Gasteiger partial charge on any atom is -0.455 e. The topological polar surface area (TPSA) is 55.4 Å². The Labute approximate surface area is 135 Å². The van der Waals surface area contributed by atoms with Gasteiger partial charge in [-0.25, -0.2) is 0 Å². The third kappa shape index (κ3) is 4.19. The molecule has 1 saturated carbocycles. The van der Waals surface area contributed by atoms with Crippen molar-refractivity contribution in [3.05, 3.63) is 71.8 Å². The summed E-state index contributed by atoms with van der Waals surface area (Å²) in [7, 11) is 0. The Kier molecular flexibility index (Phi) is 4.71. The number of esters is 1. The first kappa shape index (κ1) is 15.3. The smallest absolute Gasteiger partial charge is 0.309 e. The van der Waals surface area contributed by atoms with Crippen LogP contribution in [0.3, 0.4) is 0 Å². The minimum atomic E-state index is -0.295. The highest BCUT2D eigenvalue weighted by Crippen LogP contribution is 2.30. The fourth-order valence-corrected chi connectivity index (χ4v) is 2.43. The van der Waals surface area contributed by atoms with Gasteiger partial charge in [0.15, 0.2) is 6.61 Å². The van der Waals surface area contributed by atoms with Crippen LogP contribution in [0.15, 0.2) is 60.7 Å². The van der Waals surface area contributed by atoms with E-state index in [1.807, 2.05) is 60.7 Å². The summed E-state index contributed by atoms with van der Waals surface area (Å²) >= 11 is 0. The molecule has 1 fully saturated rings. The third-order valence-corrected chi connectivity index (χ3v) is 3.83. The fourth-order valence-electron chi connectivity index (χ4n) is 2.43. The molecule has 0 heterocycles. The van der Waals surface area contributed by atoms with Gasteiger partial charge in [-0.15, -0.1) is 0 Å². The van der Waals surface area contributed by atoms with Crippen LogP contribution in [0, 0.1) is 5.92 Å². The van der Waals surface area contributed by atoms with Crippen LogP contribution in [-0.4, -0.2) is 18.5 Å². The quantitative estimate of drug-likeness (QED) is 0.835. The van der Waals surface area contributed by atoms with Crippen molar-refractivity contribution in [2.75, 3.05) is 6.61 Å². The Morgan fingerprint density at radius 3 is 1.96 bits per heavy atom. The molecule has 0 bridgehead atoms. The summed E-state index contributed by atoms with van der Waals surface area (Å²) in [6.07, 6.45) is 1.74. The highest BCUT2D eigenvalue weighted by Gasteiger charge is 2.31. The number of benzene rings is 2. The lowest BCUT2D eigenvalue weighted by atomic mass is 9.99. The van der Waals surface area contributed by atoms with Gasteiger partial charge in [0.1, 0.15) is 0 Å². The first-order chi connectivity index (χ1) is 11.2. The van der Waals surface area contributed by atoms with E-state index in [0.717, 1.165) is 24.0 Å². The number of hydrogen-bond donors (Lipinski definition) is 1. The molecular weight excluding hydrogens is 290 g/mol. The molecule has 0 saturated heterocycles. The highest BCUT2D eigenvalue weighted by molar-refractivity contribution is 5.82. The van der Waals surface area contributed by atoms with E-state index in [2.05, 4.69) is 5.32 Å². The molecule has 118 valence electrons. The zero-order valence-corrected chi connectivity index (χ0v) is 12.8. The second-order valence-corrected chi connectivity index (χ2v) is 5.70. The lowest BCUT2D eigenvalue weighted by Gasteiger charge is -2.19. The number of amides is 1. The van der Waals surface area contributed by atoms with Gasteiger partial charge in [0.25, 0.3) is 5.91 Å². The summed E-state index contributed by atoms with van der Waals surface area (Å²) in [6, 6.07) is 19.2. The summed E-state index contributed by atoms with van der Waals surface area (Å²) in [5, 5.41) is 2.95. The predicted octanol–water partition coefficient (Wildman–Crippen LogP) is 2.85. The third-order valence-electron chi connectivity index (χ3n) is 3.83. The van der Waals surface area contributed by atoms with Crippen molar-refractivity contribution in [3.63, 3.8) is 0 Å². The maximum Gasteiger partial charge on any atom is 0.309 e. The molecule has 3 rings (SSSR count). The number of rotatable bonds is 6. The van der Waals surface area contributed by atoms with Gasteiger partial charge in [-0.05, 0) is 24.0 Å². The standard InChI is InChI=1S/C19H19NO3/c21-17(13-23-19(22)16-11-12-16)20-18(14-7-3-1-4-8-14)15-9-5-2-6-10-15/h1-10,16,18H,11-13H2,(H,20,21). The molecule has 1 aliphatic carbocycles. The number of carbonyl (C=O) groups excluding carboxylic acids is 2. The van der Waals surface area contributed by atoms with Crippen molar-refractivity contribution in [2.24, 2.45) is 5.92 Å². The van der Waals surface area contributed by atoms with E-state index >= 15 is 0 Å². The van der Waals surface area contributed by atoms with Gasteiger partial charge in [-0.2, -0.15) is 0 Å². The minimum absolute atomic E-state index is 0.00171. The van der Waals surface area contributed by atoms with E-state index in [-0.39, 0.29) is 30.4 Å². The van der Waals surface area contributed by atoms with E-state index in [1.54, 1.807) is 0 Å². The first-order valence-corrected chi connectivity index (χ1v) is 7.80. The van der Waals surface area contributed by atoms with Crippen molar-refractivity contribution in [3.8, 4) is 0 Å². The van der Waals surface area contributed by atoms with Crippen LogP contribution < -0.4 is 5.32 Å². The van der Waals surface area contributed by atoms with Crippen LogP contribution in [-0.2, 0) is 14.3 Å². The van der Waals surface area contributed by atoms with Gasteiger partial charge >= 0.3 is 5.97 Å². The average Bonchev–Trinajstić information content (AvgIpc) is 3.44. The van der Waals surface area contributed by atoms with Crippen LogP contribution in [0.2, 0.25) is 0 Å². The van der Waals surface area contributed by atoms with Crippen LogP contribution in [0.5, 0.6) is 0 Å². The Bertz CT molecular complexity index is 626. The summed E-state index contributed by atoms with van der Waals surface area (Å²) in [6.45, 7) is -0.231. The Hall–Kier alpha value is -2.62. The molecule has 4 heteroatoms. The first-order valence-electron chi connectivity index (χ1n) is 7.80. The molecule has 2 aromatic rings. The van der Waals surface area contributed by atoms with Crippen LogP contribution >= 0.6 is 0 Å². The average molecular weight is 309 g/mol. The fraction of sp³-hybridized carbons (Fsp3) is 0.263. The van der Waals surface area contributed by atoms with E-state index in [4.69, 9.17) is 4.74 Å². The SMILES string of the molecule is O=C(COC(=O)C1CC1)NC(c1ccccc1)c1ccccc1. The lowest BCUT2D eigenvalue weighted by Crippen LogP contribution is -2.33. The Morgan fingerprint density at radius 1 is 0.957 bits per heavy atom. The van der Waals surface area contributed by atoms with Crippen LogP contribution in [0.1, 0.15) is 30.0 Å². The Balaban J connectivity index is 1.68. The Morgan fingerprint density at radius 2 is 1.48 bits per heavy atom. The van der Waals surface area contributed by atoms with Crippen molar-refractivity contribution >= 4 is 11.9 Å². The molecule has 1 N–H and O–H groups in total. The van der Waals surface area contributed by atoms with Crippen molar-refractivity contribution in [2.45, 2.75) is 18.9 Å². The zero-order chi connectivity index (χ0) is 16.1. The van der Waals surface area contributed by atoms with Crippen LogP contribution in [0.4, 0.5) is 0 Å². The maximum absolute atomic E-state index is 12.2. The summed E-state index contributed by atoms with van der Waals surface area (Å²) in [4.78, 5) is 23.7. The second-order valence-electron chi connectivity index (χ2n) is 5.70. The number of nitrogens with one attached hydrogen (secondary N) is 1. The van der Waals surface area contributed by atoms with Crippen molar-refractivity contribution in [1.82, 2.24) is 5.32 Å². The molecule has 4 nitrogen and oxygen atoms in total. The molecule has 0 atom stereocenters. The van der Waals surface area contributed by atoms with E-state index in [9.17, 15) is 9.59 Å². The number of hydrogen-bond acceptors (Lipinski definition) is 3. The normalized spacial score (nSPS) is 13.6. The van der Waals surface area contributed by atoms with Gasteiger partial charge in [-0.1, -0.05) is 60.7 Å². The molecule has 2 aromatic carbocycles. The van der Waals surface area contributed by atoms with Gasteiger partial charge in [0, 0.05) is 0 Å². The molecule has 0 unspecified atom stereocenters. The highest BCUT2D eigenvalue weighted by atomic mass is 16.5.